The number of likely N-dealkylation sites (tertiary alicyclic amines) is 1. The minimum absolute atomic E-state index is 0.0228. The highest BCUT2D eigenvalue weighted by Gasteiger charge is 2.25. The Hall–Kier alpha value is -2.63. The molecule has 0 aliphatic carbocycles. The predicted octanol–water partition coefficient (Wildman–Crippen LogP) is 3.05. The van der Waals surface area contributed by atoms with Crippen LogP contribution in [0.3, 0.4) is 0 Å². The standard InChI is InChI=1S/C20H25N3O3/c1-15(2)16-5-7-17(8-6-16)25-14-20(24)23-11-3-4-18(13-23)26-19-12-21-9-10-22-19/h5-10,12,15,18H,3-4,11,13-14H2,1-2H3. The maximum Gasteiger partial charge on any atom is 0.260 e. The Kier molecular flexibility index (Phi) is 6.04. The van der Waals surface area contributed by atoms with E-state index in [1.807, 2.05) is 24.3 Å². The Morgan fingerprint density at radius 1 is 1.27 bits per heavy atom. The molecule has 0 bridgehead atoms. The van der Waals surface area contributed by atoms with E-state index in [1.54, 1.807) is 23.5 Å². The lowest BCUT2D eigenvalue weighted by Crippen LogP contribution is -2.46. The lowest BCUT2D eigenvalue weighted by Gasteiger charge is -2.32. The molecule has 0 saturated carbocycles. The summed E-state index contributed by atoms with van der Waals surface area (Å²) in [5.41, 5.74) is 1.25. The highest BCUT2D eigenvalue weighted by atomic mass is 16.5. The summed E-state index contributed by atoms with van der Waals surface area (Å²) >= 11 is 0. The molecule has 3 rings (SSSR count). The fourth-order valence-electron chi connectivity index (χ4n) is 2.96. The first-order chi connectivity index (χ1) is 12.6. The molecule has 26 heavy (non-hydrogen) atoms. The Balaban J connectivity index is 1.49. The third-order valence-electron chi connectivity index (χ3n) is 4.47. The number of aromatic nitrogens is 2. The van der Waals surface area contributed by atoms with Gasteiger partial charge in [-0.25, -0.2) is 4.98 Å². The molecule has 1 atom stereocenters. The zero-order valence-corrected chi connectivity index (χ0v) is 15.3. The summed E-state index contributed by atoms with van der Waals surface area (Å²) in [7, 11) is 0. The molecular weight excluding hydrogens is 330 g/mol. The quantitative estimate of drug-likeness (QED) is 0.797. The summed E-state index contributed by atoms with van der Waals surface area (Å²) in [6.07, 6.45) is 6.53. The summed E-state index contributed by atoms with van der Waals surface area (Å²) < 4.78 is 11.5. The van der Waals surface area contributed by atoms with Crippen LogP contribution in [0.5, 0.6) is 11.6 Å². The fourth-order valence-corrected chi connectivity index (χ4v) is 2.96. The minimum Gasteiger partial charge on any atom is -0.484 e. The van der Waals surface area contributed by atoms with Crippen LogP contribution in [0.1, 0.15) is 38.2 Å². The summed E-state index contributed by atoms with van der Waals surface area (Å²) in [6, 6.07) is 7.91. The minimum atomic E-state index is -0.0604. The fraction of sp³-hybridized carbons (Fsp3) is 0.450. The second kappa shape index (κ2) is 8.65. The van der Waals surface area contributed by atoms with Crippen LogP contribution in [-0.2, 0) is 4.79 Å². The van der Waals surface area contributed by atoms with E-state index < -0.39 is 0 Å². The van der Waals surface area contributed by atoms with Gasteiger partial charge in [-0.15, -0.1) is 0 Å². The van der Waals surface area contributed by atoms with Gasteiger partial charge in [-0.3, -0.25) is 9.78 Å². The Morgan fingerprint density at radius 2 is 2.08 bits per heavy atom. The highest BCUT2D eigenvalue weighted by Crippen LogP contribution is 2.19. The molecule has 1 amide bonds. The van der Waals surface area contributed by atoms with Crippen LogP contribution in [0.2, 0.25) is 0 Å². The van der Waals surface area contributed by atoms with E-state index in [9.17, 15) is 4.79 Å². The molecule has 6 nitrogen and oxygen atoms in total. The summed E-state index contributed by atoms with van der Waals surface area (Å²) in [6.45, 7) is 5.61. The van der Waals surface area contributed by atoms with Gasteiger partial charge in [-0.05, 0) is 36.5 Å². The van der Waals surface area contributed by atoms with Crippen molar-refractivity contribution in [2.24, 2.45) is 0 Å². The lowest BCUT2D eigenvalue weighted by atomic mass is 10.0. The van der Waals surface area contributed by atoms with Crippen molar-refractivity contribution in [2.45, 2.75) is 38.7 Å². The van der Waals surface area contributed by atoms with E-state index in [0.29, 0.717) is 24.1 Å². The van der Waals surface area contributed by atoms with Gasteiger partial charge in [0.1, 0.15) is 11.9 Å². The monoisotopic (exact) mass is 355 g/mol. The van der Waals surface area contributed by atoms with E-state index in [4.69, 9.17) is 9.47 Å². The smallest absolute Gasteiger partial charge is 0.260 e. The second-order valence-corrected chi connectivity index (χ2v) is 6.78. The number of benzene rings is 1. The topological polar surface area (TPSA) is 64.5 Å². The van der Waals surface area contributed by atoms with Crippen molar-refractivity contribution in [2.75, 3.05) is 19.7 Å². The van der Waals surface area contributed by atoms with Crippen molar-refractivity contribution < 1.29 is 14.3 Å². The van der Waals surface area contributed by atoms with Crippen molar-refractivity contribution in [1.82, 2.24) is 14.9 Å². The largest absolute Gasteiger partial charge is 0.484 e. The second-order valence-electron chi connectivity index (χ2n) is 6.78. The first-order valence-electron chi connectivity index (χ1n) is 9.05. The van der Waals surface area contributed by atoms with Crippen LogP contribution in [0.15, 0.2) is 42.9 Å². The van der Waals surface area contributed by atoms with Gasteiger partial charge in [0.2, 0.25) is 5.88 Å². The summed E-state index contributed by atoms with van der Waals surface area (Å²) in [4.78, 5) is 22.4. The number of carbonyl (C=O) groups is 1. The van der Waals surface area contributed by atoms with Gasteiger partial charge in [-0.1, -0.05) is 26.0 Å². The van der Waals surface area contributed by atoms with E-state index in [0.717, 1.165) is 19.4 Å². The van der Waals surface area contributed by atoms with Crippen LogP contribution >= 0.6 is 0 Å². The first kappa shape index (κ1) is 18.2. The molecule has 6 heteroatoms. The number of hydrogen-bond donors (Lipinski definition) is 0. The first-order valence-corrected chi connectivity index (χ1v) is 9.05. The van der Waals surface area contributed by atoms with Crippen LogP contribution in [-0.4, -0.2) is 46.6 Å². The van der Waals surface area contributed by atoms with Gasteiger partial charge in [0.05, 0.1) is 12.7 Å². The Morgan fingerprint density at radius 3 is 2.77 bits per heavy atom. The van der Waals surface area contributed by atoms with E-state index in [-0.39, 0.29) is 18.6 Å². The molecule has 2 aromatic rings. The number of piperidine rings is 1. The molecule has 1 unspecified atom stereocenters. The number of amides is 1. The van der Waals surface area contributed by atoms with E-state index in [2.05, 4.69) is 23.8 Å². The molecule has 1 aromatic carbocycles. The molecule has 1 saturated heterocycles. The average Bonchev–Trinajstić information content (AvgIpc) is 2.67. The average molecular weight is 355 g/mol. The number of ether oxygens (including phenoxy) is 2. The van der Waals surface area contributed by atoms with Gasteiger partial charge < -0.3 is 14.4 Å². The van der Waals surface area contributed by atoms with Gasteiger partial charge in [0.15, 0.2) is 6.61 Å². The van der Waals surface area contributed by atoms with Gasteiger partial charge >= 0.3 is 0 Å². The molecule has 0 radical (unpaired) electrons. The normalized spacial score (nSPS) is 17.2. The number of rotatable bonds is 6. The number of hydrogen-bond acceptors (Lipinski definition) is 5. The van der Waals surface area contributed by atoms with Crippen molar-refractivity contribution >= 4 is 5.91 Å². The highest BCUT2D eigenvalue weighted by molar-refractivity contribution is 5.77. The molecule has 1 aliphatic heterocycles. The molecule has 2 heterocycles. The van der Waals surface area contributed by atoms with Crippen LogP contribution in [0.25, 0.3) is 0 Å². The van der Waals surface area contributed by atoms with E-state index >= 15 is 0 Å². The SMILES string of the molecule is CC(C)c1ccc(OCC(=O)N2CCCC(Oc3cnccn3)C2)cc1. The molecular formula is C20H25N3O3. The van der Waals surface area contributed by atoms with Gasteiger partial charge in [-0.2, -0.15) is 0 Å². The summed E-state index contributed by atoms with van der Waals surface area (Å²) in [5, 5.41) is 0. The molecule has 138 valence electrons. The Bertz CT molecular complexity index is 704. The zero-order valence-electron chi connectivity index (χ0n) is 15.3. The van der Waals surface area contributed by atoms with Gasteiger partial charge in [0, 0.05) is 18.9 Å². The van der Waals surface area contributed by atoms with Crippen LogP contribution in [0, 0.1) is 0 Å². The third kappa shape index (κ3) is 4.94. The van der Waals surface area contributed by atoms with Crippen molar-refractivity contribution in [3.05, 3.63) is 48.4 Å². The van der Waals surface area contributed by atoms with E-state index in [1.165, 1.54) is 5.56 Å². The molecule has 1 aliphatic rings. The predicted molar refractivity (Wildman–Crippen MR) is 98.3 cm³/mol. The lowest BCUT2D eigenvalue weighted by molar-refractivity contribution is -0.136. The van der Waals surface area contributed by atoms with Crippen molar-refractivity contribution in [1.29, 1.82) is 0 Å². The Labute approximate surface area is 154 Å². The summed E-state index contributed by atoms with van der Waals surface area (Å²) in [5.74, 6) is 1.66. The van der Waals surface area contributed by atoms with Crippen LogP contribution in [0.4, 0.5) is 0 Å². The van der Waals surface area contributed by atoms with Crippen molar-refractivity contribution in [3.8, 4) is 11.6 Å². The zero-order chi connectivity index (χ0) is 18.4. The maximum absolute atomic E-state index is 12.5. The maximum atomic E-state index is 12.5. The van der Waals surface area contributed by atoms with Crippen molar-refractivity contribution in [3.63, 3.8) is 0 Å². The number of carbonyl (C=O) groups excluding carboxylic acids is 1. The molecule has 1 aromatic heterocycles. The molecule has 1 fully saturated rings. The molecule has 0 N–H and O–H groups in total. The molecule has 0 spiro atoms. The van der Waals surface area contributed by atoms with Gasteiger partial charge in [0.25, 0.3) is 5.91 Å². The van der Waals surface area contributed by atoms with Crippen LogP contribution < -0.4 is 9.47 Å². The third-order valence-corrected chi connectivity index (χ3v) is 4.47. The number of nitrogens with zero attached hydrogens (tertiary/aromatic N) is 3.